The molecule has 0 radical (unpaired) electrons. The summed E-state index contributed by atoms with van der Waals surface area (Å²) in [7, 11) is 0. The van der Waals surface area contributed by atoms with E-state index in [4.69, 9.17) is 5.73 Å². The molecule has 0 fully saturated rings. The second-order valence-corrected chi connectivity index (χ2v) is 11.9. The molecule has 0 aromatic heterocycles. The minimum atomic E-state index is 0.794. The summed E-state index contributed by atoms with van der Waals surface area (Å²) in [5.74, 6) is 0. The standard InChI is InChI=1S/C45H33N/c46-45(34-12-2-1-3-13-34)30-23-31-21-24-33(25-22-31)36-26-27-43(39-17-7-6-16-37(36)39)44-29-28-42(40-18-8-9-19-41(40)44)38-20-10-14-32-11-4-5-15-35(32)38/h1-22,24-30H,23,46H2/b45-30-. The number of fused-ring (bicyclic) bond motifs is 3. The molecule has 0 unspecified atom stereocenters. The highest BCUT2D eigenvalue weighted by molar-refractivity contribution is 6.13. The number of hydrogen-bond donors (Lipinski definition) is 1. The van der Waals surface area contributed by atoms with Gasteiger partial charge in [-0.05, 0) is 83.2 Å². The predicted molar refractivity (Wildman–Crippen MR) is 198 cm³/mol. The normalized spacial score (nSPS) is 11.8. The Balaban J connectivity index is 1.18. The quantitative estimate of drug-likeness (QED) is 0.206. The van der Waals surface area contributed by atoms with Crippen LogP contribution in [0.25, 0.3) is 71.4 Å². The lowest BCUT2D eigenvalue weighted by molar-refractivity contribution is 1.26. The Bertz CT molecular complexity index is 2380. The molecule has 0 heterocycles. The van der Waals surface area contributed by atoms with Crippen LogP contribution in [0, 0.1) is 0 Å². The van der Waals surface area contributed by atoms with E-state index in [1.165, 1.54) is 71.3 Å². The predicted octanol–water partition coefficient (Wildman–Crippen LogP) is 11.7. The molecule has 0 bridgehead atoms. The van der Waals surface area contributed by atoms with Gasteiger partial charge in [-0.3, -0.25) is 0 Å². The lowest BCUT2D eigenvalue weighted by Gasteiger charge is -2.16. The van der Waals surface area contributed by atoms with Crippen LogP contribution in [0.3, 0.4) is 0 Å². The lowest BCUT2D eigenvalue weighted by Crippen LogP contribution is -1.96. The van der Waals surface area contributed by atoms with Gasteiger partial charge in [0.15, 0.2) is 0 Å². The fourth-order valence-corrected chi connectivity index (χ4v) is 6.81. The zero-order valence-electron chi connectivity index (χ0n) is 25.5. The van der Waals surface area contributed by atoms with Gasteiger partial charge in [-0.15, -0.1) is 0 Å². The van der Waals surface area contributed by atoms with Gasteiger partial charge >= 0.3 is 0 Å². The topological polar surface area (TPSA) is 26.0 Å². The maximum Gasteiger partial charge on any atom is 0.0350 e. The van der Waals surface area contributed by atoms with Gasteiger partial charge in [0.2, 0.25) is 0 Å². The molecule has 0 saturated carbocycles. The summed E-state index contributed by atoms with van der Waals surface area (Å²) in [6.45, 7) is 0. The molecule has 8 aromatic rings. The zero-order chi connectivity index (χ0) is 30.9. The number of nitrogens with two attached hydrogens (primary N) is 1. The Labute approximate surface area is 269 Å². The first-order valence-corrected chi connectivity index (χ1v) is 15.9. The molecule has 8 aromatic carbocycles. The number of benzene rings is 8. The molecule has 218 valence electrons. The minimum Gasteiger partial charge on any atom is -0.398 e. The summed E-state index contributed by atoms with van der Waals surface area (Å²) in [5.41, 5.74) is 16.9. The molecule has 8 rings (SSSR count). The molecule has 0 amide bonds. The number of allylic oxidation sites excluding steroid dienone is 1. The van der Waals surface area contributed by atoms with Crippen LogP contribution in [0.15, 0.2) is 176 Å². The summed E-state index contributed by atoms with van der Waals surface area (Å²) in [6, 6.07) is 61.1. The highest BCUT2D eigenvalue weighted by Gasteiger charge is 2.15. The third-order valence-corrected chi connectivity index (χ3v) is 9.15. The molecular formula is C45H33N. The van der Waals surface area contributed by atoms with E-state index in [0.29, 0.717) is 0 Å². The molecule has 0 spiro atoms. The first-order valence-electron chi connectivity index (χ1n) is 15.9. The zero-order valence-corrected chi connectivity index (χ0v) is 25.5. The van der Waals surface area contributed by atoms with E-state index in [2.05, 4.69) is 146 Å². The fourth-order valence-electron chi connectivity index (χ4n) is 6.81. The van der Waals surface area contributed by atoms with Crippen LogP contribution >= 0.6 is 0 Å². The van der Waals surface area contributed by atoms with E-state index in [1.54, 1.807) is 0 Å². The van der Waals surface area contributed by atoms with Crippen LogP contribution in [-0.4, -0.2) is 0 Å². The van der Waals surface area contributed by atoms with Crippen LogP contribution in [0.5, 0.6) is 0 Å². The van der Waals surface area contributed by atoms with Crippen LogP contribution in [0.2, 0.25) is 0 Å². The summed E-state index contributed by atoms with van der Waals surface area (Å²) in [4.78, 5) is 0. The Morgan fingerprint density at radius 1 is 0.391 bits per heavy atom. The van der Waals surface area contributed by atoms with Crippen molar-refractivity contribution in [2.75, 3.05) is 0 Å². The summed E-state index contributed by atoms with van der Waals surface area (Å²) in [5, 5.41) is 7.57. The van der Waals surface area contributed by atoms with E-state index in [1.807, 2.05) is 30.3 Å². The Hall–Kier alpha value is -5.92. The van der Waals surface area contributed by atoms with Crippen molar-refractivity contribution in [2.24, 2.45) is 5.73 Å². The van der Waals surface area contributed by atoms with E-state index in [9.17, 15) is 0 Å². The molecular weight excluding hydrogens is 555 g/mol. The van der Waals surface area contributed by atoms with E-state index in [-0.39, 0.29) is 0 Å². The molecule has 46 heavy (non-hydrogen) atoms. The number of rotatable bonds is 6. The molecule has 0 aliphatic rings. The second kappa shape index (κ2) is 11.9. The molecule has 0 atom stereocenters. The molecule has 1 heteroatoms. The SMILES string of the molecule is N/C(=C\Cc1ccc(-c2ccc(-c3ccc(-c4cccc5ccccc45)c4ccccc34)c3ccccc23)cc1)c1ccccc1. The summed E-state index contributed by atoms with van der Waals surface area (Å²) in [6.07, 6.45) is 2.90. The summed E-state index contributed by atoms with van der Waals surface area (Å²) < 4.78 is 0. The Morgan fingerprint density at radius 2 is 0.848 bits per heavy atom. The van der Waals surface area contributed by atoms with Crippen LogP contribution in [-0.2, 0) is 6.42 Å². The van der Waals surface area contributed by atoms with Gasteiger partial charge < -0.3 is 5.73 Å². The molecule has 0 aliphatic heterocycles. The fraction of sp³-hybridized carbons (Fsp3) is 0.0222. The van der Waals surface area contributed by atoms with Crippen molar-refractivity contribution in [2.45, 2.75) is 6.42 Å². The van der Waals surface area contributed by atoms with Crippen LogP contribution in [0.4, 0.5) is 0 Å². The third-order valence-electron chi connectivity index (χ3n) is 9.15. The van der Waals surface area contributed by atoms with Gasteiger partial charge in [-0.2, -0.15) is 0 Å². The largest absolute Gasteiger partial charge is 0.398 e. The molecule has 1 nitrogen and oxygen atoms in total. The van der Waals surface area contributed by atoms with Gasteiger partial charge in [-0.25, -0.2) is 0 Å². The molecule has 0 aliphatic carbocycles. The Kier molecular flexibility index (Phi) is 7.13. The first kappa shape index (κ1) is 27.6. The van der Waals surface area contributed by atoms with Crippen molar-refractivity contribution in [1.29, 1.82) is 0 Å². The van der Waals surface area contributed by atoms with Crippen molar-refractivity contribution in [1.82, 2.24) is 0 Å². The molecule has 0 saturated heterocycles. The van der Waals surface area contributed by atoms with Crippen LogP contribution < -0.4 is 5.73 Å². The maximum absolute atomic E-state index is 6.34. The van der Waals surface area contributed by atoms with E-state index in [0.717, 1.165) is 17.7 Å². The lowest BCUT2D eigenvalue weighted by atomic mass is 9.87. The monoisotopic (exact) mass is 587 g/mol. The van der Waals surface area contributed by atoms with Crippen molar-refractivity contribution >= 4 is 38.0 Å². The first-order chi connectivity index (χ1) is 22.7. The van der Waals surface area contributed by atoms with Crippen molar-refractivity contribution in [3.8, 4) is 33.4 Å². The maximum atomic E-state index is 6.34. The molecule has 2 N–H and O–H groups in total. The average Bonchev–Trinajstić information content (AvgIpc) is 3.13. The highest BCUT2D eigenvalue weighted by atomic mass is 14.6. The Morgan fingerprint density at radius 3 is 1.46 bits per heavy atom. The van der Waals surface area contributed by atoms with Gasteiger partial charge in [-0.1, -0.05) is 176 Å². The van der Waals surface area contributed by atoms with E-state index < -0.39 is 0 Å². The van der Waals surface area contributed by atoms with Crippen molar-refractivity contribution in [3.05, 3.63) is 187 Å². The minimum absolute atomic E-state index is 0.794. The van der Waals surface area contributed by atoms with Crippen LogP contribution in [0.1, 0.15) is 11.1 Å². The van der Waals surface area contributed by atoms with Crippen molar-refractivity contribution in [3.63, 3.8) is 0 Å². The third kappa shape index (κ3) is 5.02. The second-order valence-electron chi connectivity index (χ2n) is 11.9. The van der Waals surface area contributed by atoms with Gasteiger partial charge in [0.1, 0.15) is 0 Å². The summed E-state index contributed by atoms with van der Waals surface area (Å²) >= 11 is 0. The smallest absolute Gasteiger partial charge is 0.0350 e. The number of hydrogen-bond acceptors (Lipinski definition) is 1. The van der Waals surface area contributed by atoms with E-state index >= 15 is 0 Å². The highest BCUT2D eigenvalue weighted by Crippen LogP contribution is 2.42. The van der Waals surface area contributed by atoms with Gasteiger partial charge in [0.05, 0.1) is 0 Å². The average molecular weight is 588 g/mol. The van der Waals surface area contributed by atoms with Gasteiger partial charge in [0.25, 0.3) is 0 Å². The van der Waals surface area contributed by atoms with Crippen molar-refractivity contribution < 1.29 is 0 Å². The van der Waals surface area contributed by atoms with Gasteiger partial charge in [0, 0.05) is 5.70 Å².